The monoisotopic (exact) mass is 481 g/mol. The predicted molar refractivity (Wildman–Crippen MR) is 131 cm³/mol. The van der Waals surface area contributed by atoms with E-state index in [0.717, 1.165) is 22.9 Å². The molecule has 2 aromatic carbocycles. The summed E-state index contributed by atoms with van der Waals surface area (Å²) in [6.45, 7) is 4.69. The molecule has 2 heterocycles. The average Bonchev–Trinajstić information content (AvgIpc) is 2.82. The minimum absolute atomic E-state index is 0.0565. The van der Waals surface area contributed by atoms with E-state index in [1.54, 1.807) is 29.2 Å². The van der Waals surface area contributed by atoms with Crippen molar-refractivity contribution in [2.75, 3.05) is 18.9 Å². The van der Waals surface area contributed by atoms with Gasteiger partial charge in [-0.3, -0.25) is 9.59 Å². The van der Waals surface area contributed by atoms with E-state index in [4.69, 9.17) is 22.1 Å². The van der Waals surface area contributed by atoms with Crippen molar-refractivity contribution < 1.29 is 14.3 Å². The van der Waals surface area contributed by atoms with Crippen LogP contribution in [0.25, 0.3) is 10.9 Å². The smallest absolute Gasteiger partial charge is 0.261 e. The molecule has 178 valence electrons. The van der Waals surface area contributed by atoms with Gasteiger partial charge in [0.2, 0.25) is 5.91 Å². The molecule has 1 aliphatic rings. The van der Waals surface area contributed by atoms with Gasteiger partial charge in [0.15, 0.2) is 6.61 Å². The Kier molecular flexibility index (Phi) is 7.17. The lowest BCUT2D eigenvalue weighted by Crippen LogP contribution is -2.62. The molecule has 1 aromatic heterocycles. The summed E-state index contributed by atoms with van der Waals surface area (Å²) in [5, 5.41) is 1.32. The number of ether oxygens (including phenoxy) is 1. The van der Waals surface area contributed by atoms with Crippen LogP contribution in [0.4, 0.5) is 5.82 Å². The third-order valence-electron chi connectivity index (χ3n) is 6.06. The third kappa shape index (κ3) is 5.07. The number of piperazine rings is 1. The van der Waals surface area contributed by atoms with E-state index in [1.165, 1.54) is 6.33 Å². The number of nitrogen functional groups attached to an aromatic ring is 1. The maximum atomic E-state index is 13.5. The van der Waals surface area contributed by atoms with Crippen molar-refractivity contribution in [3.8, 4) is 5.75 Å². The Labute approximate surface area is 203 Å². The Bertz CT molecular complexity index is 1200. The first-order chi connectivity index (χ1) is 16.4. The van der Waals surface area contributed by atoms with Gasteiger partial charge in [0.25, 0.3) is 5.91 Å². The first-order valence-corrected chi connectivity index (χ1v) is 11.7. The van der Waals surface area contributed by atoms with E-state index < -0.39 is 6.04 Å². The zero-order chi connectivity index (χ0) is 24.2. The van der Waals surface area contributed by atoms with Crippen LogP contribution >= 0.6 is 11.6 Å². The molecule has 0 bridgehead atoms. The van der Waals surface area contributed by atoms with E-state index in [9.17, 15) is 9.59 Å². The molecule has 2 N–H and O–H groups in total. The lowest BCUT2D eigenvalue weighted by atomic mass is 10.0. The number of rotatable bonds is 7. The van der Waals surface area contributed by atoms with Gasteiger partial charge in [-0.05, 0) is 49.2 Å². The van der Waals surface area contributed by atoms with Crippen LogP contribution in [-0.4, -0.2) is 56.8 Å². The van der Waals surface area contributed by atoms with Crippen molar-refractivity contribution in [3.05, 3.63) is 59.4 Å². The minimum atomic E-state index is -0.518. The summed E-state index contributed by atoms with van der Waals surface area (Å²) in [7, 11) is 0. The molecule has 1 aliphatic heterocycles. The predicted octanol–water partition coefficient (Wildman–Crippen LogP) is 3.67. The lowest BCUT2D eigenvalue weighted by Gasteiger charge is -2.44. The number of aromatic nitrogens is 2. The maximum absolute atomic E-state index is 13.5. The van der Waals surface area contributed by atoms with Crippen molar-refractivity contribution in [2.45, 2.75) is 45.3 Å². The highest BCUT2D eigenvalue weighted by Crippen LogP contribution is 2.25. The molecule has 0 radical (unpaired) electrons. The summed E-state index contributed by atoms with van der Waals surface area (Å²) < 4.78 is 5.65. The standard InChI is InChI=1S/C25H28ClN5O3/c1-3-5-22-25(33)30(13-17-8-9-20-21(10-17)28-15-29-24(20)27)16(2)12-31(22)23(32)14-34-19-7-4-6-18(26)11-19/h4,6-11,15-16,22H,3,5,12-14H2,1-2H3,(H2,27,28,29)/t16-,22+/m1/s1. The van der Waals surface area contributed by atoms with Crippen LogP contribution in [-0.2, 0) is 16.1 Å². The van der Waals surface area contributed by atoms with E-state index in [0.29, 0.717) is 36.1 Å². The largest absolute Gasteiger partial charge is 0.484 e. The van der Waals surface area contributed by atoms with Crippen molar-refractivity contribution in [1.29, 1.82) is 0 Å². The van der Waals surface area contributed by atoms with Gasteiger partial charge in [0, 0.05) is 29.5 Å². The molecule has 0 unspecified atom stereocenters. The Hall–Kier alpha value is -3.39. The quantitative estimate of drug-likeness (QED) is 0.552. The average molecular weight is 482 g/mol. The lowest BCUT2D eigenvalue weighted by molar-refractivity contribution is -0.156. The van der Waals surface area contributed by atoms with E-state index in [-0.39, 0.29) is 24.5 Å². The van der Waals surface area contributed by atoms with Gasteiger partial charge < -0.3 is 20.3 Å². The molecule has 2 atom stereocenters. The Balaban J connectivity index is 1.49. The van der Waals surface area contributed by atoms with Crippen LogP contribution in [0.5, 0.6) is 5.75 Å². The molecule has 34 heavy (non-hydrogen) atoms. The van der Waals surface area contributed by atoms with Gasteiger partial charge in [0.1, 0.15) is 23.9 Å². The summed E-state index contributed by atoms with van der Waals surface area (Å²) in [6.07, 6.45) is 2.80. The molecule has 3 aromatic rings. The van der Waals surface area contributed by atoms with Gasteiger partial charge in [0.05, 0.1) is 5.52 Å². The maximum Gasteiger partial charge on any atom is 0.261 e. The number of carbonyl (C=O) groups is 2. The van der Waals surface area contributed by atoms with Crippen molar-refractivity contribution >= 4 is 40.1 Å². The highest BCUT2D eigenvalue weighted by Gasteiger charge is 2.40. The second kappa shape index (κ2) is 10.3. The highest BCUT2D eigenvalue weighted by molar-refractivity contribution is 6.30. The topological polar surface area (TPSA) is 102 Å². The van der Waals surface area contributed by atoms with Crippen molar-refractivity contribution in [2.24, 2.45) is 0 Å². The molecule has 9 heteroatoms. The number of anilines is 1. The number of amides is 2. The van der Waals surface area contributed by atoms with Crippen LogP contribution in [0.1, 0.15) is 32.3 Å². The SMILES string of the molecule is CCC[C@H]1C(=O)N(Cc2ccc3c(N)ncnc3c2)[C@H](C)CN1C(=O)COc1cccc(Cl)c1. The summed E-state index contributed by atoms with van der Waals surface area (Å²) in [5.74, 6) is 0.679. The fraction of sp³-hybridized carbons (Fsp3) is 0.360. The number of hydrogen-bond acceptors (Lipinski definition) is 6. The fourth-order valence-corrected chi connectivity index (χ4v) is 4.50. The van der Waals surface area contributed by atoms with Gasteiger partial charge in [-0.2, -0.15) is 0 Å². The van der Waals surface area contributed by atoms with Gasteiger partial charge in [-0.1, -0.05) is 37.1 Å². The van der Waals surface area contributed by atoms with Crippen LogP contribution < -0.4 is 10.5 Å². The fourth-order valence-electron chi connectivity index (χ4n) is 4.32. The number of benzene rings is 2. The third-order valence-corrected chi connectivity index (χ3v) is 6.30. The number of fused-ring (bicyclic) bond motifs is 1. The second-order valence-electron chi connectivity index (χ2n) is 8.52. The molecule has 1 saturated heterocycles. The van der Waals surface area contributed by atoms with Crippen molar-refractivity contribution in [3.63, 3.8) is 0 Å². The van der Waals surface area contributed by atoms with E-state index >= 15 is 0 Å². The molecular weight excluding hydrogens is 454 g/mol. The Morgan fingerprint density at radius 2 is 2.06 bits per heavy atom. The molecule has 0 saturated carbocycles. The number of hydrogen-bond donors (Lipinski definition) is 1. The van der Waals surface area contributed by atoms with Gasteiger partial charge >= 0.3 is 0 Å². The molecule has 4 rings (SSSR count). The molecule has 2 amide bonds. The Morgan fingerprint density at radius 1 is 1.24 bits per heavy atom. The molecule has 8 nitrogen and oxygen atoms in total. The zero-order valence-electron chi connectivity index (χ0n) is 19.3. The van der Waals surface area contributed by atoms with Crippen LogP contribution in [0.15, 0.2) is 48.8 Å². The zero-order valence-corrected chi connectivity index (χ0v) is 20.0. The van der Waals surface area contributed by atoms with E-state index in [2.05, 4.69) is 9.97 Å². The number of halogens is 1. The first kappa shape index (κ1) is 23.8. The number of carbonyl (C=O) groups excluding carboxylic acids is 2. The van der Waals surface area contributed by atoms with E-state index in [1.807, 2.05) is 36.9 Å². The first-order valence-electron chi connectivity index (χ1n) is 11.3. The molecule has 0 spiro atoms. The highest BCUT2D eigenvalue weighted by atomic mass is 35.5. The van der Waals surface area contributed by atoms with Crippen LogP contribution in [0.2, 0.25) is 5.02 Å². The summed E-state index contributed by atoms with van der Waals surface area (Å²) >= 11 is 6.00. The van der Waals surface area contributed by atoms with Gasteiger partial charge in [-0.25, -0.2) is 9.97 Å². The summed E-state index contributed by atoms with van der Waals surface area (Å²) in [6, 6.07) is 12.0. The van der Waals surface area contributed by atoms with Crippen LogP contribution in [0, 0.1) is 0 Å². The number of nitrogens with two attached hydrogens (primary N) is 1. The number of nitrogens with zero attached hydrogens (tertiary/aromatic N) is 4. The summed E-state index contributed by atoms with van der Waals surface area (Å²) in [4.78, 5) is 38.4. The molecular formula is C25H28ClN5O3. The minimum Gasteiger partial charge on any atom is -0.484 e. The Morgan fingerprint density at radius 3 is 2.82 bits per heavy atom. The normalized spacial score (nSPS) is 18.4. The van der Waals surface area contributed by atoms with Crippen molar-refractivity contribution in [1.82, 2.24) is 19.8 Å². The molecule has 0 aliphatic carbocycles. The second-order valence-corrected chi connectivity index (χ2v) is 8.96. The van der Waals surface area contributed by atoms with Gasteiger partial charge in [-0.15, -0.1) is 0 Å². The summed E-state index contributed by atoms with van der Waals surface area (Å²) in [5.41, 5.74) is 7.62. The molecule has 1 fully saturated rings. The van der Waals surface area contributed by atoms with Crippen LogP contribution in [0.3, 0.4) is 0 Å².